The number of aliphatic hydroxyl groups is 1. The fourth-order valence-corrected chi connectivity index (χ4v) is 11.2. The summed E-state index contributed by atoms with van der Waals surface area (Å²) in [5, 5.41) is 15.5. The van der Waals surface area contributed by atoms with E-state index in [1.807, 2.05) is 152 Å². The highest BCUT2D eigenvalue weighted by molar-refractivity contribution is 5.89. The number of benzene rings is 6. The molecule has 6 aromatic carbocycles. The molecule has 0 bridgehead atoms. The molecule has 1 N–H and O–H groups in total. The minimum Gasteiger partial charge on any atom is -0.469 e. The van der Waals surface area contributed by atoms with Gasteiger partial charge in [-0.3, -0.25) is 14.4 Å². The summed E-state index contributed by atoms with van der Waals surface area (Å²) in [6.45, 7) is 1.08. The van der Waals surface area contributed by atoms with Gasteiger partial charge in [0.1, 0.15) is 67.6 Å². The number of nitrogens with zero attached hydrogens (tertiary/aromatic N) is 3. The number of ether oxygens (including phenoxy) is 15. The summed E-state index contributed by atoms with van der Waals surface area (Å²) in [7, 11) is 1.32. The predicted molar refractivity (Wildman–Crippen MR) is 336 cm³/mol. The molecule has 3 saturated heterocycles. The molecule has 0 spiro atoms. The van der Waals surface area contributed by atoms with E-state index in [0.717, 1.165) is 22.3 Å². The molecule has 0 amide bonds. The van der Waals surface area contributed by atoms with E-state index in [1.54, 1.807) is 30.3 Å². The SMILES string of the molecule is COC(=O)CCCCCO[C@H]1O[C@H](CO)[C@H](OCc2ccccc2)[C@H](O[C@@H]2O[C@H](COCc3ccccc3)[C@H](O[C@H]3O[C@H](COC(C)=O)[C@H](OC(C)=O)[C@H](OCc4ccccc4)[C@H]3OCc3ccccc3)[C@H](OCc3ccccc3)[C@H]2OC(=O)c2ccccc2)[C@H]1N=[N+]=[N-]. The maximum absolute atomic E-state index is 15.0. The van der Waals surface area contributed by atoms with Crippen LogP contribution in [0.2, 0.25) is 0 Å². The van der Waals surface area contributed by atoms with Crippen LogP contribution in [-0.2, 0) is 118 Å². The molecule has 3 heterocycles. The quantitative estimate of drug-likeness (QED) is 0.00982. The van der Waals surface area contributed by atoms with Crippen LogP contribution in [-0.4, -0.2) is 155 Å². The molecular formula is C71H81N3O20. The van der Waals surface area contributed by atoms with Gasteiger partial charge in [-0.15, -0.1) is 0 Å². The fourth-order valence-electron chi connectivity index (χ4n) is 11.2. The van der Waals surface area contributed by atoms with Gasteiger partial charge in [0.2, 0.25) is 0 Å². The number of rotatable bonds is 34. The Morgan fingerprint density at radius 3 is 1.43 bits per heavy atom. The van der Waals surface area contributed by atoms with Crippen LogP contribution in [0.3, 0.4) is 0 Å². The van der Waals surface area contributed by atoms with Crippen LogP contribution >= 0.6 is 0 Å². The van der Waals surface area contributed by atoms with Crippen LogP contribution in [0.1, 0.15) is 77.7 Å². The number of aliphatic hydroxyl groups excluding tert-OH is 1. The smallest absolute Gasteiger partial charge is 0.338 e. The Hall–Kier alpha value is -7.97. The predicted octanol–water partition coefficient (Wildman–Crippen LogP) is 9.63. The zero-order valence-corrected chi connectivity index (χ0v) is 52.7. The van der Waals surface area contributed by atoms with E-state index >= 15 is 0 Å². The lowest BCUT2D eigenvalue weighted by atomic mass is 9.94. The third-order valence-electron chi connectivity index (χ3n) is 15.8. The highest BCUT2D eigenvalue weighted by Crippen LogP contribution is 2.39. The van der Waals surface area contributed by atoms with Crippen molar-refractivity contribution < 1.29 is 95.3 Å². The average Bonchev–Trinajstić information content (AvgIpc) is 0.781. The van der Waals surface area contributed by atoms with Crippen molar-refractivity contribution in [2.24, 2.45) is 5.11 Å². The summed E-state index contributed by atoms with van der Waals surface area (Å²) in [5.41, 5.74) is 14.4. The van der Waals surface area contributed by atoms with Crippen molar-refractivity contribution in [3.63, 3.8) is 0 Å². The summed E-state index contributed by atoms with van der Waals surface area (Å²) in [6, 6.07) is 53.4. The van der Waals surface area contributed by atoms with Gasteiger partial charge in [0.05, 0.1) is 58.9 Å². The Kier molecular flexibility index (Phi) is 27.8. The molecule has 3 fully saturated rings. The van der Waals surface area contributed by atoms with E-state index < -0.39 is 123 Å². The number of unbranched alkanes of at least 4 members (excludes halogenated alkanes) is 2. The number of esters is 4. The number of carbonyl (C=O) groups is 4. The van der Waals surface area contributed by atoms with Gasteiger partial charge in [-0.25, -0.2) is 4.79 Å². The molecule has 0 saturated carbocycles. The van der Waals surface area contributed by atoms with E-state index in [4.69, 9.17) is 71.1 Å². The molecule has 94 heavy (non-hydrogen) atoms. The number of azide groups is 1. The van der Waals surface area contributed by atoms with Gasteiger partial charge in [0, 0.05) is 31.8 Å². The van der Waals surface area contributed by atoms with Gasteiger partial charge in [-0.2, -0.15) is 0 Å². The molecule has 3 aliphatic heterocycles. The minimum atomic E-state index is -1.70. The first kappa shape index (κ1) is 70.3. The van der Waals surface area contributed by atoms with Crippen molar-refractivity contribution in [1.29, 1.82) is 0 Å². The van der Waals surface area contributed by atoms with Crippen molar-refractivity contribution in [3.8, 4) is 0 Å². The summed E-state index contributed by atoms with van der Waals surface area (Å²) >= 11 is 0. The third-order valence-corrected chi connectivity index (χ3v) is 15.8. The highest BCUT2D eigenvalue weighted by Gasteiger charge is 2.58. The first-order valence-corrected chi connectivity index (χ1v) is 31.4. The molecule has 6 aromatic rings. The topological polar surface area (TPSA) is 276 Å². The number of carbonyl (C=O) groups excluding carboxylic acids is 4. The molecule has 23 nitrogen and oxygen atoms in total. The standard InChI is InChI=1S/C71H81N3O20/c1-47(76)83-46-57-61(88-48(2)77)64(85-42-51-29-15-6-16-30-51)66(87-44-53-33-19-8-20-34-53)70(91-57)93-62-56(45-81-40-49-25-11-4-12-26-49)90-71(67(92-68(79)54-35-21-9-22-36-54)65(62)86-43-52-31-17-7-18-32-52)94-63-59(73-74-72)69(82-38-24-10-23-37-58(78)80-3)89-55(39-75)60(63)84-41-50-27-13-5-14-28-50/h4-9,11-22,25-36,55-57,59-67,69-71,75H,10,23-24,37-46H2,1-3H3/t55-,56-,57-,59-,60+,61+,62+,63-,64+,65+,66-,67-,69+,70-,71+/m1/s1. The van der Waals surface area contributed by atoms with Gasteiger partial charge < -0.3 is 76.2 Å². The van der Waals surface area contributed by atoms with Gasteiger partial charge in [-0.05, 0) is 58.3 Å². The molecule has 0 aromatic heterocycles. The van der Waals surface area contributed by atoms with Gasteiger partial charge >= 0.3 is 23.9 Å². The molecule has 15 atom stereocenters. The van der Waals surface area contributed by atoms with Crippen molar-refractivity contribution >= 4 is 23.9 Å². The van der Waals surface area contributed by atoms with E-state index in [0.29, 0.717) is 24.8 Å². The first-order chi connectivity index (χ1) is 46.0. The van der Waals surface area contributed by atoms with Crippen LogP contribution in [0.5, 0.6) is 0 Å². The Balaban J connectivity index is 1.18. The van der Waals surface area contributed by atoms with E-state index in [2.05, 4.69) is 10.0 Å². The molecule has 0 aliphatic carbocycles. The largest absolute Gasteiger partial charge is 0.469 e. The number of methoxy groups -OCH3 is 1. The van der Waals surface area contributed by atoms with Crippen LogP contribution < -0.4 is 0 Å². The van der Waals surface area contributed by atoms with Crippen LogP contribution in [0, 0.1) is 0 Å². The summed E-state index contributed by atoms with van der Waals surface area (Å²) < 4.78 is 98.9. The second-order valence-corrected chi connectivity index (χ2v) is 22.6. The fraction of sp³-hybridized carbons (Fsp3) is 0.437. The van der Waals surface area contributed by atoms with Gasteiger partial charge in [-0.1, -0.05) is 181 Å². The van der Waals surface area contributed by atoms with Crippen LogP contribution in [0.15, 0.2) is 187 Å². The highest BCUT2D eigenvalue weighted by atomic mass is 16.8. The number of hydrogen-bond acceptors (Lipinski definition) is 21. The van der Waals surface area contributed by atoms with Crippen LogP contribution in [0.4, 0.5) is 0 Å². The average molecular weight is 1300 g/mol. The Morgan fingerprint density at radius 2 is 0.926 bits per heavy atom. The summed E-state index contributed by atoms with van der Waals surface area (Å²) in [4.78, 5) is 56.1. The van der Waals surface area contributed by atoms with E-state index in [1.165, 1.54) is 21.0 Å². The lowest BCUT2D eigenvalue weighted by Crippen LogP contribution is -2.68. The first-order valence-electron chi connectivity index (χ1n) is 31.4. The second kappa shape index (κ2) is 37.2. The summed E-state index contributed by atoms with van der Waals surface area (Å²) in [6.07, 6.45) is -17.5. The molecular weight excluding hydrogens is 1210 g/mol. The molecule has 0 unspecified atom stereocenters. The monoisotopic (exact) mass is 1300 g/mol. The zero-order valence-electron chi connectivity index (χ0n) is 52.7. The third kappa shape index (κ3) is 20.8. The maximum Gasteiger partial charge on any atom is 0.338 e. The Bertz CT molecular complexity index is 3270. The Labute approximate surface area is 546 Å². The van der Waals surface area contributed by atoms with Crippen molar-refractivity contribution in [1.82, 2.24) is 0 Å². The molecule has 0 radical (unpaired) electrons. The van der Waals surface area contributed by atoms with E-state index in [9.17, 15) is 29.8 Å². The lowest BCUT2D eigenvalue weighted by Gasteiger charge is -2.51. The molecule has 23 heteroatoms. The summed E-state index contributed by atoms with van der Waals surface area (Å²) in [5.74, 6) is -2.52. The minimum absolute atomic E-state index is 0.0114. The van der Waals surface area contributed by atoms with Gasteiger partial charge in [0.15, 0.2) is 31.1 Å². The number of hydrogen-bond donors (Lipinski definition) is 1. The van der Waals surface area contributed by atoms with E-state index in [-0.39, 0.29) is 64.2 Å². The van der Waals surface area contributed by atoms with Crippen molar-refractivity contribution in [2.45, 2.75) is 165 Å². The lowest BCUT2D eigenvalue weighted by molar-refractivity contribution is -0.382. The van der Waals surface area contributed by atoms with Crippen LogP contribution in [0.25, 0.3) is 10.4 Å². The van der Waals surface area contributed by atoms with Gasteiger partial charge in [0.25, 0.3) is 0 Å². The zero-order chi connectivity index (χ0) is 65.9. The maximum atomic E-state index is 15.0. The molecule has 9 rings (SSSR count). The van der Waals surface area contributed by atoms with Crippen molar-refractivity contribution in [2.75, 3.05) is 33.5 Å². The Morgan fingerprint density at radius 1 is 0.468 bits per heavy atom. The van der Waals surface area contributed by atoms with Crippen molar-refractivity contribution in [3.05, 3.63) is 226 Å². The molecule has 3 aliphatic rings. The second-order valence-electron chi connectivity index (χ2n) is 22.6. The normalized spacial score (nSPS) is 25.9. The molecule has 500 valence electrons.